The number of hydrogen-bond acceptors (Lipinski definition) is 5. The Hall–Kier alpha value is -3.07. The van der Waals surface area contributed by atoms with Crippen molar-refractivity contribution in [1.82, 2.24) is 14.9 Å². The van der Waals surface area contributed by atoms with Crippen molar-refractivity contribution in [1.29, 1.82) is 0 Å². The summed E-state index contributed by atoms with van der Waals surface area (Å²) in [5, 5.41) is 11.0. The first-order valence-electron chi connectivity index (χ1n) is 7.42. The third kappa shape index (κ3) is 3.47. The summed E-state index contributed by atoms with van der Waals surface area (Å²) in [6, 6.07) is 8.39. The van der Waals surface area contributed by atoms with Gasteiger partial charge < -0.3 is 9.47 Å². The van der Waals surface area contributed by atoms with Crippen LogP contribution in [-0.2, 0) is 0 Å². The lowest BCUT2D eigenvalue weighted by atomic mass is 10.2. The first-order chi connectivity index (χ1) is 12.5. The second-order valence-corrected chi connectivity index (χ2v) is 5.53. The molecule has 0 saturated carbocycles. The fourth-order valence-corrected chi connectivity index (χ4v) is 2.46. The Morgan fingerprint density at radius 1 is 1.15 bits per heavy atom. The van der Waals surface area contributed by atoms with Crippen LogP contribution in [0.3, 0.4) is 0 Å². The van der Waals surface area contributed by atoms with Crippen molar-refractivity contribution >= 4 is 18.4 Å². The van der Waals surface area contributed by atoms with Gasteiger partial charge in [-0.25, -0.2) is 13.9 Å². The molecule has 0 spiro atoms. The van der Waals surface area contributed by atoms with Crippen LogP contribution in [0.15, 0.2) is 41.5 Å². The molecule has 0 unspecified atom stereocenters. The predicted molar refractivity (Wildman–Crippen MR) is 95.3 cm³/mol. The van der Waals surface area contributed by atoms with Crippen molar-refractivity contribution in [3.8, 4) is 22.9 Å². The number of nitrogens with zero attached hydrogens (tertiary/aromatic N) is 3. The summed E-state index contributed by atoms with van der Waals surface area (Å²) in [5.41, 5.74) is 0.722. The third-order valence-corrected chi connectivity index (χ3v) is 3.84. The third-order valence-electron chi connectivity index (χ3n) is 3.57. The number of hydrogen-bond donors (Lipinski definition) is 1. The van der Waals surface area contributed by atoms with Gasteiger partial charge in [-0.2, -0.15) is 14.9 Å². The molecule has 1 N–H and O–H groups in total. The molecule has 0 fully saturated rings. The van der Waals surface area contributed by atoms with Crippen molar-refractivity contribution in [3.63, 3.8) is 0 Å². The van der Waals surface area contributed by atoms with Gasteiger partial charge in [-0.05, 0) is 36.5 Å². The average molecular weight is 376 g/mol. The maximum absolute atomic E-state index is 13.8. The fraction of sp³-hybridized carbons (Fsp3) is 0.118. The van der Waals surface area contributed by atoms with Gasteiger partial charge in [-0.15, -0.1) is 0 Å². The zero-order chi connectivity index (χ0) is 18.7. The topological polar surface area (TPSA) is 64.4 Å². The number of H-pyrrole nitrogens is 1. The summed E-state index contributed by atoms with van der Waals surface area (Å²) in [6.07, 6.45) is 1.24. The minimum absolute atomic E-state index is 0.113. The molecule has 1 aromatic heterocycles. The largest absolute Gasteiger partial charge is 0.497 e. The molecule has 0 amide bonds. The average Bonchev–Trinajstić information content (AvgIpc) is 3.01. The molecule has 0 aliphatic carbocycles. The van der Waals surface area contributed by atoms with Crippen molar-refractivity contribution < 1.29 is 18.3 Å². The van der Waals surface area contributed by atoms with E-state index < -0.39 is 11.6 Å². The number of halogens is 2. The van der Waals surface area contributed by atoms with Crippen LogP contribution in [0, 0.1) is 16.4 Å². The van der Waals surface area contributed by atoms with Crippen LogP contribution in [0.2, 0.25) is 0 Å². The zero-order valence-corrected chi connectivity index (χ0v) is 14.7. The Labute approximate surface area is 152 Å². The van der Waals surface area contributed by atoms with Crippen LogP contribution < -0.4 is 9.47 Å². The van der Waals surface area contributed by atoms with Crippen molar-refractivity contribution in [2.75, 3.05) is 14.2 Å². The number of rotatable bonds is 5. The van der Waals surface area contributed by atoms with Gasteiger partial charge in [0.1, 0.15) is 23.1 Å². The smallest absolute Gasteiger partial charge is 0.216 e. The van der Waals surface area contributed by atoms with Crippen molar-refractivity contribution in [3.05, 3.63) is 58.4 Å². The fourth-order valence-electron chi connectivity index (χ4n) is 2.28. The Bertz CT molecular complexity index is 1030. The first-order valence-corrected chi connectivity index (χ1v) is 7.83. The zero-order valence-electron chi connectivity index (χ0n) is 13.9. The first kappa shape index (κ1) is 17.7. The van der Waals surface area contributed by atoms with Crippen molar-refractivity contribution in [2.45, 2.75) is 0 Å². The molecule has 0 saturated heterocycles. The Balaban J connectivity index is 2.05. The molecule has 0 bridgehead atoms. The number of methoxy groups -OCH3 is 2. The van der Waals surface area contributed by atoms with Crippen molar-refractivity contribution in [2.24, 2.45) is 5.10 Å². The lowest BCUT2D eigenvalue weighted by Crippen LogP contribution is -1.98. The van der Waals surface area contributed by atoms with E-state index in [0.717, 1.165) is 12.1 Å². The number of aromatic amines is 1. The lowest BCUT2D eigenvalue weighted by molar-refractivity contribution is 0.395. The molecule has 0 atom stereocenters. The molecular weight excluding hydrogens is 362 g/mol. The maximum Gasteiger partial charge on any atom is 0.216 e. The molecular formula is C17H14F2N4O2S. The highest BCUT2D eigenvalue weighted by Crippen LogP contribution is 2.32. The second-order valence-electron chi connectivity index (χ2n) is 5.14. The highest BCUT2D eigenvalue weighted by Gasteiger charge is 2.14. The Kier molecular flexibility index (Phi) is 5.08. The molecule has 0 radical (unpaired) electrons. The van der Waals surface area contributed by atoms with Gasteiger partial charge in [-0.1, -0.05) is 0 Å². The lowest BCUT2D eigenvalue weighted by Gasteiger charge is -2.09. The minimum atomic E-state index is -0.729. The number of benzene rings is 2. The van der Waals surface area contributed by atoms with Gasteiger partial charge >= 0.3 is 0 Å². The van der Waals surface area contributed by atoms with E-state index in [0.29, 0.717) is 22.9 Å². The predicted octanol–water partition coefficient (Wildman–Crippen LogP) is 3.79. The highest BCUT2D eigenvalue weighted by molar-refractivity contribution is 7.71. The molecule has 6 nitrogen and oxygen atoms in total. The molecule has 3 rings (SSSR count). The van der Waals surface area contributed by atoms with E-state index in [4.69, 9.17) is 21.7 Å². The number of ether oxygens (including phenoxy) is 2. The van der Waals surface area contributed by atoms with Gasteiger partial charge in [0.2, 0.25) is 4.77 Å². The molecule has 0 aliphatic rings. The minimum Gasteiger partial charge on any atom is -0.497 e. The summed E-state index contributed by atoms with van der Waals surface area (Å²) >= 11 is 5.18. The van der Waals surface area contributed by atoms with E-state index in [1.807, 2.05) is 0 Å². The van der Waals surface area contributed by atoms with Gasteiger partial charge in [0, 0.05) is 17.7 Å². The molecule has 0 aliphatic heterocycles. The monoisotopic (exact) mass is 376 g/mol. The molecule has 1 heterocycles. The van der Waals surface area contributed by atoms with Crippen LogP contribution in [0.1, 0.15) is 5.56 Å². The molecule has 2 aromatic carbocycles. The standard InChI is InChI=1S/C17H14F2N4O2S/c1-24-12-5-6-13(15(8-12)25-2)16-21-22-17(26)23(16)20-9-10-3-4-11(18)7-14(10)19/h3-9H,1-2H3,(H,22,26)/b20-9-. The summed E-state index contributed by atoms with van der Waals surface area (Å²) in [7, 11) is 3.06. The van der Waals surface area contributed by atoms with E-state index in [9.17, 15) is 8.78 Å². The van der Waals surface area contributed by atoms with E-state index in [2.05, 4.69) is 15.3 Å². The van der Waals surface area contributed by atoms with E-state index in [1.165, 1.54) is 24.1 Å². The van der Waals surface area contributed by atoms with Crippen LogP contribution in [0.25, 0.3) is 11.4 Å². The van der Waals surface area contributed by atoms with Gasteiger partial charge in [0.05, 0.1) is 26.0 Å². The van der Waals surface area contributed by atoms with Crippen LogP contribution in [0.4, 0.5) is 8.78 Å². The van der Waals surface area contributed by atoms with Crippen LogP contribution in [-0.4, -0.2) is 35.3 Å². The molecule has 9 heteroatoms. The summed E-state index contributed by atoms with van der Waals surface area (Å²) < 4.78 is 38.9. The van der Waals surface area contributed by atoms with Gasteiger partial charge in [0.25, 0.3) is 0 Å². The number of aromatic nitrogens is 3. The maximum atomic E-state index is 13.8. The van der Waals surface area contributed by atoms with Gasteiger partial charge in [-0.3, -0.25) is 0 Å². The highest BCUT2D eigenvalue weighted by atomic mass is 32.1. The summed E-state index contributed by atoms with van der Waals surface area (Å²) in [6.45, 7) is 0. The molecule has 3 aromatic rings. The number of nitrogens with one attached hydrogen (secondary N) is 1. The SMILES string of the molecule is COc1ccc(-c2n[nH]c(=S)n2/N=C\c2ccc(F)cc2F)c(OC)c1. The normalized spacial score (nSPS) is 11.1. The Morgan fingerprint density at radius 2 is 1.96 bits per heavy atom. The quantitative estimate of drug-likeness (QED) is 0.544. The van der Waals surface area contributed by atoms with E-state index in [-0.39, 0.29) is 10.3 Å². The molecule has 26 heavy (non-hydrogen) atoms. The van der Waals surface area contributed by atoms with E-state index in [1.54, 1.807) is 25.3 Å². The van der Waals surface area contributed by atoms with Crippen LogP contribution in [0.5, 0.6) is 11.5 Å². The van der Waals surface area contributed by atoms with E-state index >= 15 is 0 Å². The Morgan fingerprint density at radius 3 is 2.65 bits per heavy atom. The van der Waals surface area contributed by atoms with Crippen LogP contribution >= 0.6 is 12.2 Å². The molecule has 134 valence electrons. The summed E-state index contributed by atoms with van der Waals surface area (Å²) in [4.78, 5) is 0. The second kappa shape index (κ2) is 7.44. The summed E-state index contributed by atoms with van der Waals surface area (Å²) in [5.74, 6) is 0.0924. The van der Waals surface area contributed by atoms with Gasteiger partial charge in [0.15, 0.2) is 5.82 Å².